The second-order valence-electron chi connectivity index (χ2n) is 6.55. The highest BCUT2D eigenvalue weighted by Gasteiger charge is 2.69. The molecule has 0 radical (unpaired) electrons. The monoisotopic (exact) mass is 234 g/mol. The van der Waals surface area contributed by atoms with Crippen LogP contribution in [0.4, 0.5) is 0 Å². The summed E-state index contributed by atoms with van der Waals surface area (Å²) in [5.74, 6) is 0.287. The first-order valence-electron chi connectivity index (χ1n) is 6.54. The smallest absolute Gasteiger partial charge is 0.227 e. The molecule has 0 aromatic heterocycles. The predicted molar refractivity (Wildman–Crippen MR) is 66.0 cm³/mol. The number of rotatable bonds is 1. The van der Waals surface area contributed by atoms with Gasteiger partial charge in [-0.3, -0.25) is 4.79 Å². The minimum absolute atomic E-state index is 0.0710. The molecular weight excluding hydrogens is 212 g/mol. The Morgan fingerprint density at radius 2 is 1.82 bits per heavy atom. The first-order chi connectivity index (χ1) is 7.84. The van der Waals surface area contributed by atoms with E-state index in [4.69, 9.17) is 5.26 Å². The van der Waals surface area contributed by atoms with Crippen LogP contribution in [0.25, 0.3) is 0 Å². The third-order valence-electron chi connectivity index (χ3n) is 5.20. The lowest BCUT2D eigenvalue weighted by Gasteiger charge is -2.32. The van der Waals surface area contributed by atoms with Crippen LogP contribution < -0.4 is 0 Å². The van der Waals surface area contributed by atoms with Crippen LogP contribution in [0.3, 0.4) is 0 Å². The molecule has 1 aliphatic heterocycles. The number of nitrogens with zero attached hydrogens (tertiary/aromatic N) is 2. The van der Waals surface area contributed by atoms with Crippen LogP contribution in [-0.2, 0) is 4.79 Å². The highest BCUT2D eigenvalue weighted by atomic mass is 16.2. The molecule has 1 unspecified atom stereocenters. The first kappa shape index (κ1) is 12.4. The van der Waals surface area contributed by atoms with E-state index in [1.165, 1.54) is 0 Å². The van der Waals surface area contributed by atoms with Crippen LogP contribution in [0.1, 0.15) is 47.0 Å². The molecule has 0 aromatic rings. The highest BCUT2D eigenvalue weighted by Crippen LogP contribution is 2.68. The van der Waals surface area contributed by atoms with E-state index in [1.54, 1.807) is 0 Å². The summed E-state index contributed by atoms with van der Waals surface area (Å²) in [7, 11) is 0. The Kier molecular flexibility index (Phi) is 2.72. The minimum atomic E-state index is -0.191. The third-order valence-corrected chi connectivity index (χ3v) is 5.20. The van der Waals surface area contributed by atoms with Crippen molar-refractivity contribution in [3.05, 3.63) is 0 Å². The maximum atomic E-state index is 12.5. The predicted octanol–water partition coefficient (Wildman–Crippen LogP) is 2.57. The van der Waals surface area contributed by atoms with Gasteiger partial charge in [0.2, 0.25) is 5.91 Å². The molecule has 2 fully saturated rings. The van der Waals surface area contributed by atoms with E-state index in [0.29, 0.717) is 0 Å². The fraction of sp³-hybridized carbons (Fsp3) is 0.857. The fourth-order valence-corrected chi connectivity index (χ4v) is 3.31. The summed E-state index contributed by atoms with van der Waals surface area (Å²) in [5.41, 5.74) is 0.142. The van der Waals surface area contributed by atoms with Gasteiger partial charge in [0, 0.05) is 12.5 Å². The Labute approximate surface area is 104 Å². The molecule has 0 N–H and O–H groups in total. The summed E-state index contributed by atoms with van der Waals surface area (Å²) in [6.07, 6.45) is 2.95. The van der Waals surface area contributed by atoms with E-state index in [-0.39, 0.29) is 28.7 Å². The van der Waals surface area contributed by atoms with Gasteiger partial charge in [-0.2, -0.15) is 5.26 Å². The van der Waals surface area contributed by atoms with Gasteiger partial charge < -0.3 is 4.90 Å². The van der Waals surface area contributed by atoms with Crippen molar-refractivity contribution < 1.29 is 4.79 Å². The molecule has 94 valence electrons. The number of hydrogen-bond donors (Lipinski definition) is 0. The lowest BCUT2D eigenvalue weighted by molar-refractivity contribution is -0.136. The van der Waals surface area contributed by atoms with Gasteiger partial charge in [-0.05, 0) is 30.1 Å². The zero-order chi connectivity index (χ0) is 12.8. The van der Waals surface area contributed by atoms with Crippen LogP contribution in [-0.4, -0.2) is 23.4 Å². The molecule has 0 bridgehead atoms. The molecule has 1 heterocycles. The van der Waals surface area contributed by atoms with Gasteiger partial charge >= 0.3 is 0 Å². The maximum Gasteiger partial charge on any atom is 0.227 e. The van der Waals surface area contributed by atoms with Gasteiger partial charge in [0.15, 0.2) is 0 Å². The normalized spacial score (nSPS) is 30.8. The van der Waals surface area contributed by atoms with Crippen LogP contribution in [0.15, 0.2) is 0 Å². The number of carbonyl (C=O) groups excluding carboxylic acids is 1. The van der Waals surface area contributed by atoms with Gasteiger partial charge in [-0.15, -0.1) is 0 Å². The lowest BCUT2D eigenvalue weighted by Crippen LogP contribution is -2.44. The van der Waals surface area contributed by atoms with Crippen LogP contribution in [0.5, 0.6) is 0 Å². The molecule has 0 spiro atoms. The summed E-state index contributed by atoms with van der Waals surface area (Å²) in [4.78, 5) is 14.4. The molecule has 1 amide bonds. The van der Waals surface area contributed by atoms with E-state index in [1.807, 2.05) is 4.90 Å². The van der Waals surface area contributed by atoms with Crippen LogP contribution in [0.2, 0.25) is 0 Å². The second-order valence-corrected chi connectivity index (χ2v) is 6.55. The average Bonchev–Trinajstić information content (AvgIpc) is 2.68. The summed E-state index contributed by atoms with van der Waals surface area (Å²) >= 11 is 0. The zero-order valence-electron chi connectivity index (χ0n) is 11.3. The number of hydrogen-bond acceptors (Lipinski definition) is 2. The van der Waals surface area contributed by atoms with E-state index in [0.717, 1.165) is 25.8 Å². The summed E-state index contributed by atoms with van der Waals surface area (Å²) in [6.45, 7) is 9.38. The SMILES string of the molecule is CC1(C)C(C(=O)N2CCCCC2C#N)C1(C)C. The average molecular weight is 234 g/mol. The zero-order valence-corrected chi connectivity index (χ0v) is 11.3. The Balaban J connectivity index is 2.14. The van der Waals surface area contributed by atoms with Gasteiger partial charge in [0.1, 0.15) is 6.04 Å². The molecule has 17 heavy (non-hydrogen) atoms. The maximum absolute atomic E-state index is 12.5. The second kappa shape index (κ2) is 3.73. The van der Waals surface area contributed by atoms with Gasteiger partial charge in [0.25, 0.3) is 0 Å². The Morgan fingerprint density at radius 1 is 1.24 bits per heavy atom. The molecule has 3 nitrogen and oxygen atoms in total. The molecule has 0 aromatic carbocycles. The summed E-state index contributed by atoms with van der Waals surface area (Å²) in [6, 6.07) is 2.09. The topological polar surface area (TPSA) is 44.1 Å². The van der Waals surface area contributed by atoms with E-state index in [2.05, 4.69) is 33.8 Å². The van der Waals surface area contributed by atoms with Crippen molar-refractivity contribution in [2.75, 3.05) is 6.54 Å². The van der Waals surface area contributed by atoms with Crippen LogP contribution in [0, 0.1) is 28.1 Å². The molecule has 1 aliphatic carbocycles. The largest absolute Gasteiger partial charge is 0.326 e. The highest BCUT2D eigenvalue weighted by molar-refractivity contribution is 5.84. The number of amides is 1. The molecule has 1 saturated carbocycles. The third kappa shape index (κ3) is 1.66. The first-order valence-corrected chi connectivity index (χ1v) is 6.54. The van der Waals surface area contributed by atoms with Crippen molar-refractivity contribution >= 4 is 5.91 Å². The van der Waals surface area contributed by atoms with Crippen molar-refractivity contribution in [1.82, 2.24) is 4.90 Å². The molecule has 3 heteroatoms. The quantitative estimate of drug-likeness (QED) is 0.700. The van der Waals surface area contributed by atoms with E-state index in [9.17, 15) is 4.79 Å². The molecule has 1 atom stereocenters. The van der Waals surface area contributed by atoms with E-state index >= 15 is 0 Å². The number of nitriles is 1. The van der Waals surface area contributed by atoms with Crippen molar-refractivity contribution in [2.24, 2.45) is 16.7 Å². The number of piperidine rings is 1. The van der Waals surface area contributed by atoms with Gasteiger partial charge in [-0.1, -0.05) is 27.7 Å². The molecule has 2 rings (SSSR count). The Hall–Kier alpha value is -1.04. The minimum Gasteiger partial charge on any atom is -0.326 e. The van der Waals surface area contributed by atoms with Crippen LogP contribution >= 0.6 is 0 Å². The number of likely N-dealkylation sites (tertiary alicyclic amines) is 1. The van der Waals surface area contributed by atoms with Gasteiger partial charge in [-0.25, -0.2) is 0 Å². The lowest BCUT2D eigenvalue weighted by atomic mass is 10.0. The fourth-order valence-electron chi connectivity index (χ4n) is 3.31. The van der Waals surface area contributed by atoms with Gasteiger partial charge in [0.05, 0.1) is 6.07 Å². The van der Waals surface area contributed by atoms with Crippen molar-refractivity contribution in [2.45, 2.75) is 53.0 Å². The standard InChI is InChI=1S/C14H22N2O/c1-13(2)11(14(13,3)4)12(17)16-8-6-5-7-10(16)9-15/h10-11H,5-8H2,1-4H3. The molecule has 2 aliphatic rings. The number of carbonyl (C=O) groups is 1. The van der Waals surface area contributed by atoms with Crippen molar-refractivity contribution in [1.29, 1.82) is 5.26 Å². The Morgan fingerprint density at radius 3 is 2.29 bits per heavy atom. The summed E-state index contributed by atoms with van der Waals surface area (Å²) in [5, 5.41) is 9.13. The Bertz CT molecular complexity index is 364. The van der Waals surface area contributed by atoms with E-state index < -0.39 is 0 Å². The molecular formula is C14H22N2O. The van der Waals surface area contributed by atoms with Crippen molar-refractivity contribution in [3.8, 4) is 6.07 Å². The summed E-state index contributed by atoms with van der Waals surface area (Å²) < 4.78 is 0. The molecule has 1 saturated heterocycles. The van der Waals surface area contributed by atoms with Crippen molar-refractivity contribution in [3.63, 3.8) is 0 Å².